The van der Waals surface area contributed by atoms with Gasteiger partial charge in [0.25, 0.3) is 0 Å². The van der Waals surface area contributed by atoms with Gasteiger partial charge in [-0.05, 0) is 94.3 Å². The quantitative estimate of drug-likeness (QED) is 0.420. The molecule has 3 fully saturated rings. The third-order valence-electron chi connectivity index (χ3n) is 7.75. The van der Waals surface area contributed by atoms with E-state index in [-0.39, 0.29) is 12.2 Å². The summed E-state index contributed by atoms with van der Waals surface area (Å²) in [6.45, 7) is 15.2. The second-order valence-electron chi connectivity index (χ2n) is 10.8. The summed E-state index contributed by atoms with van der Waals surface area (Å²) < 4.78 is 24.5. The molecule has 3 aliphatic carbocycles. The van der Waals surface area contributed by atoms with Crippen molar-refractivity contribution in [2.45, 2.75) is 99.2 Å². The zero-order chi connectivity index (χ0) is 20.0. The van der Waals surface area contributed by atoms with Gasteiger partial charge in [0.05, 0.1) is 12.2 Å². The molecule has 0 heterocycles. The zero-order valence-electron chi connectivity index (χ0n) is 18.5. The Kier molecular flexibility index (Phi) is 6.09. The van der Waals surface area contributed by atoms with E-state index in [9.17, 15) is 4.57 Å². The van der Waals surface area contributed by atoms with Gasteiger partial charge in [0.15, 0.2) is 0 Å². The molecule has 0 aliphatic heterocycles. The highest BCUT2D eigenvalue weighted by molar-refractivity contribution is 7.57. The smallest absolute Gasteiger partial charge is 0.303 e. The largest absolute Gasteiger partial charge is 0.354 e. The zero-order valence-corrected chi connectivity index (χ0v) is 19.4. The third kappa shape index (κ3) is 4.12. The fraction of sp³-hybridized carbons (Fsp3) is 0.913. The molecule has 5 atom stereocenters. The Balaban J connectivity index is 1.77. The molecule has 3 saturated carbocycles. The summed E-state index contributed by atoms with van der Waals surface area (Å²) in [5.41, 5.74) is 0.923. The highest BCUT2D eigenvalue weighted by atomic mass is 31.2. The van der Waals surface area contributed by atoms with Crippen LogP contribution >= 0.6 is 7.60 Å². The van der Waals surface area contributed by atoms with E-state index in [2.05, 4.69) is 26.8 Å². The van der Waals surface area contributed by atoms with Gasteiger partial charge in [-0.3, -0.25) is 4.57 Å². The Labute approximate surface area is 167 Å². The van der Waals surface area contributed by atoms with Crippen LogP contribution in [-0.4, -0.2) is 12.2 Å². The maximum absolute atomic E-state index is 13.1. The minimum absolute atomic E-state index is 0.109. The van der Waals surface area contributed by atoms with Crippen LogP contribution in [0.4, 0.5) is 0 Å². The van der Waals surface area contributed by atoms with E-state index in [0.29, 0.717) is 16.7 Å². The summed E-state index contributed by atoms with van der Waals surface area (Å²) >= 11 is 0. The van der Waals surface area contributed by atoms with Gasteiger partial charge in [-0.2, -0.15) is 0 Å². The Morgan fingerprint density at radius 2 is 1.67 bits per heavy atom. The first-order valence-electron chi connectivity index (χ1n) is 11.1. The molecule has 0 radical (unpaired) electrons. The lowest BCUT2D eigenvalue weighted by molar-refractivity contribution is 0.0878. The number of hydrogen-bond donors (Lipinski definition) is 0. The molecule has 0 aromatic rings. The normalized spacial score (nSPS) is 38.3. The first-order valence-corrected chi connectivity index (χ1v) is 12.7. The second kappa shape index (κ2) is 7.62. The summed E-state index contributed by atoms with van der Waals surface area (Å²) in [5.74, 6) is 5.05. The van der Waals surface area contributed by atoms with Crippen molar-refractivity contribution in [2.75, 3.05) is 0 Å². The summed E-state index contributed by atoms with van der Waals surface area (Å²) in [5, 5.41) is 0. The van der Waals surface area contributed by atoms with Crippen molar-refractivity contribution in [2.24, 2.45) is 34.5 Å². The molecule has 3 nitrogen and oxygen atoms in total. The average Bonchev–Trinajstić information content (AvgIpc) is 2.99. The molecule has 27 heavy (non-hydrogen) atoms. The van der Waals surface area contributed by atoms with Crippen LogP contribution in [0.25, 0.3) is 0 Å². The van der Waals surface area contributed by atoms with Gasteiger partial charge < -0.3 is 9.05 Å². The molecular weight excluding hydrogens is 355 g/mol. The Hall–Kier alpha value is -0.110. The molecule has 0 amide bonds. The van der Waals surface area contributed by atoms with Crippen LogP contribution in [0.2, 0.25) is 0 Å². The van der Waals surface area contributed by atoms with Crippen molar-refractivity contribution in [3.8, 4) is 0 Å². The molecule has 0 saturated heterocycles. The van der Waals surface area contributed by atoms with Gasteiger partial charge >= 0.3 is 7.60 Å². The van der Waals surface area contributed by atoms with E-state index in [1.165, 1.54) is 32.1 Å². The second-order valence-corrected chi connectivity index (χ2v) is 12.6. The fourth-order valence-corrected chi connectivity index (χ4v) is 8.78. The maximum atomic E-state index is 13.1. The van der Waals surface area contributed by atoms with Crippen molar-refractivity contribution < 1.29 is 13.6 Å². The van der Waals surface area contributed by atoms with Crippen molar-refractivity contribution in [3.05, 3.63) is 11.9 Å². The molecule has 0 N–H and O–H groups in total. The predicted octanol–water partition coefficient (Wildman–Crippen LogP) is 7.42. The van der Waals surface area contributed by atoms with E-state index in [0.717, 1.165) is 24.2 Å². The Morgan fingerprint density at radius 3 is 2.26 bits per heavy atom. The van der Waals surface area contributed by atoms with Crippen LogP contribution < -0.4 is 0 Å². The molecule has 0 aromatic heterocycles. The molecule has 156 valence electrons. The van der Waals surface area contributed by atoms with Gasteiger partial charge in [0.2, 0.25) is 0 Å². The number of hydrogen-bond acceptors (Lipinski definition) is 3. The van der Waals surface area contributed by atoms with E-state index in [1.54, 1.807) is 5.82 Å². The average molecular weight is 397 g/mol. The van der Waals surface area contributed by atoms with Crippen molar-refractivity contribution in [1.29, 1.82) is 0 Å². The van der Waals surface area contributed by atoms with Crippen LogP contribution in [0.1, 0.15) is 87.0 Å². The van der Waals surface area contributed by atoms with Gasteiger partial charge in [-0.15, -0.1) is 0 Å². The minimum Gasteiger partial charge on any atom is -0.303 e. The summed E-state index contributed by atoms with van der Waals surface area (Å²) in [6.07, 6.45) is 9.81. The van der Waals surface area contributed by atoms with Crippen LogP contribution in [-0.2, 0) is 13.6 Å². The number of allylic oxidation sites excluding steroid dienone is 1. The number of rotatable bonds is 7. The van der Waals surface area contributed by atoms with Crippen LogP contribution in [0, 0.1) is 34.5 Å². The molecule has 0 spiro atoms. The predicted molar refractivity (Wildman–Crippen MR) is 113 cm³/mol. The molecule has 4 heteroatoms. The minimum atomic E-state index is -3.17. The van der Waals surface area contributed by atoms with Gasteiger partial charge in [-0.1, -0.05) is 33.3 Å². The molecule has 3 aliphatic rings. The lowest BCUT2D eigenvalue weighted by Crippen LogP contribution is -2.33. The molecule has 4 bridgehead atoms. The topological polar surface area (TPSA) is 35.5 Å². The first-order chi connectivity index (χ1) is 12.5. The van der Waals surface area contributed by atoms with E-state index in [1.807, 2.05) is 27.7 Å². The monoisotopic (exact) mass is 396 g/mol. The van der Waals surface area contributed by atoms with Gasteiger partial charge in [0.1, 0.15) is 0 Å². The Morgan fingerprint density at radius 1 is 1.04 bits per heavy atom. The van der Waals surface area contributed by atoms with Gasteiger partial charge in [0, 0.05) is 5.82 Å². The van der Waals surface area contributed by atoms with E-state index in [4.69, 9.17) is 9.05 Å². The van der Waals surface area contributed by atoms with Crippen LogP contribution in [0.15, 0.2) is 11.9 Å². The lowest BCUT2D eigenvalue weighted by Gasteiger charge is -2.41. The summed E-state index contributed by atoms with van der Waals surface area (Å²) in [6, 6.07) is 0. The highest BCUT2D eigenvalue weighted by Gasteiger charge is 2.64. The summed E-state index contributed by atoms with van der Waals surface area (Å²) in [4.78, 5) is 0. The van der Waals surface area contributed by atoms with Crippen LogP contribution in [0.3, 0.4) is 0 Å². The SMILES string of the molecule is CC(C)OP(=O)(/C=C/C[C@H]1[C@H]2CC[C@@H]3[C@@H]2C(C)(C)CCC[C@@]31C)OC(C)C. The fourth-order valence-electron chi connectivity index (χ4n) is 7.03. The standard InChI is InChI=1S/C23H41O3P/c1-16(2)25-27(24,26-17(3)4)15-8-10-19-18-11-12-20-21(18)22(5,6)13-9-14-23(19,20)7/h8,15-21H,9-14H2,1-7H3/b15-8+/t18-,19+,20-,21-,23-/m1/s1. The van der Waals surface area contributed by atoms with Crippen LogP contribution in [0.5, 0.6) is 0 Å². The molecular formula is C23H41O3P. The molecule has 0 aromatic carbocycles. The van der Waals surface area contributed by atoms with Crippen molar-refractivity contribution in [1.82, 2.24) is 0 Å². The Bertz CT molecular complexity index is 595. The van der Waals surface area contributed by atoms with Crippen molar-refractivity contribution in [3.63, 3.8) is 0 Å². The van der Waals surface area contributed by atoms with E-state index < -0.39 is 7.60 Å². The molecule has 0 unspecified atom stereocenters. The third-order valence-corrected chi connectivity index (χ3v) is 9.76. The first kappa shape index (κ1) is 21.6. The van der Waals surface area contributed by atoms with E-state index >= 15 is 0 Å². The molecule has 3 rings (SSSR count). The highest BCUT2D eigenvalue weighted by Crippen LogP contribution is 2.71. The lowest BCUT2D eigenvalue weighted by atomic mass is 9.64. The van der Waals surface area contributed by atoms with Gasteiger partial charge in [-0.25, -0.2) is 0 Å². The van der Waals surface area contributed by atoms with Crippen molar-refractivity contribution >= 4 is 7.60 Å². The maximum Gasteiger partial charge on any atom is 0.354 e. The summed E-state index contributed by atoms with van der Waals surface area (Å²) in [7, 11) is -3.17.